The molecule has 0 heterocycles. The second-order valence-electron chi connectivity index (χ2n) is 5.01. The number of nitrogens with zero attached hydrogens (tertiary/aromatic N) is 1. The van der Waals surface area contributed by atoms with Crippen LogP contribution in [0.25, 0.3) is 0 Å². The van der Waals surface area contributed by atoms with Gasteiger partial charge in [-0.25, -0.2) is 0 Å². The van der Waals surface area contributed by atoms with Gasteiger partial charge in [0.2, 0.25) is 0 Å². The molecule has 4 nitrogen and oxygen atoms in total. The normalized spacial score (nSPS) is 13.7. The minimum absolute atomic E-state index is 0.0940. The highest BCUT2D eigenvalue weighted by Gasteiger charge is 2.12. The monoisotopic (exact) mass is 304 g/mol. The van der Waals surface area contributed by atoms with Crippen LogP contribution in [0.3, 0.4) is 0 Å². The molecule has 0 aliphatic rings. The number of rotatable bonds is 5. The van der Waals surface area contributed by atoms with Gasteiger partial charge in [0.25, 0.3) is 5.69 Å². The van der Waals surface area contributed by atoms with Crippen LogP contribution in [0.2, 0.25) is 5.02 Å². The number of benzene rings is 2. The molecule has 0 aromatic heterocycles. The maximum Gasteiger partial charge on any atom is 0.269 e. The van der Waals surface area contributed by atoms with Gasteiger partial charge >= 0.3 is 0 Å². The Kier molecular flexibility index (Phi) is 4.94. The summed E-state index contributed by atoms with van der Waals surface area (Å²) < 4.78 is 0. The molecule has 0 aliphatic carbocycles. The Morgan fingerprint density at radius 2 is 1.38 bits per heavy atom. The van der Waals surface area contributed by atoms with Crippen molar-refractivity contribution in [1.82, 2.24) is 5.32 Å². The van der Waals surface area contributed by atoms with Gasteiger partial charge in [-0.3, -0.25) is 10.1 Å². The van der Waals surface area contributed by atoms with Gasteiger partial charge in [0.1, 0.15) is 0 Å². The van der Waals surface area contributed by atoms with Crippen molar-refractivity contribution in [3.8, 4) is 0 Å². The number of hydrogen-bond donors (Lipinski definition) is 1. The zero-order valence-corrected chi connectivity index (χ0v) is 12.7. The third-order valence-corrected chi connectivity index (χ3v) is 3.73. The van der Waals surface area contributed by atoms with Gasteiger partial charge in [0, 0.05) is 29.2 Å². The molecule has 0 amide bonds. The van der Waals surface area contributed by atoms with Crippen molar-refractivity contribution in [2.75, 3.05) is 0 Å². The molecule has 1 unspecified atom stereocenters. The summed E-state index contributed by atoms with van der Waals surface area (Å²) in [6.45, 7) is 4.11. The van der Waals surface area contributed by atoms with Crippen LogP contribution in [0.1, 0.15) is 37.1 Å². The lowest BCUT2D eigenvalue weighted by molar-refractivity contribution is -0.384. The molecule has 110 valence electrons. The van der Waals surface area contributed by atoms with Crippen molar-refractivity contribution in [2.45, 2.75) is 25.9 Å². The molecule has 0 spiro atoms. The summed E-state index contributed by atoms with van der Waals surface area (Å²) in [6, 6.07) is 14.6. The molecule has 2 atom stereocenters. The van der Waals surface area contributed by atoms with Crippen molar-refractivity contribution in [2.24, 2.45) is 0 Å². The molecular formula is C16H17ClN2O2. The van der Waals surface area contributed by atoms with Gasteiger partial charge in [0.05, 0.1) is 4.92 Å². The van der Waals surface area contributed by atoms with Crippen molar-refractivity contribution in [1.29, 1.82) is 0 Å². The zero-order valence-electron chi connectivity index (χ0n) is 11.9. The Morgan fingerprint density at radius 3 is 1.81 bits per heavy atom. The molecule has 5 heteroatoms. The Balaban J connectivity index is 2.04. The van der Waals surface area contributed by atoms with Crippen LogP contribution < -0.4 is 5.32 Å². The molecule has 0 radical (unpaired) electrons. The lowest BCUT2D eigenvalue weighted by Gasteiger charge is -2.20. The van der Waals surface area contributed by atoms with Crippen LogP contribution in [-0.2, 0) is 0 Å². The number of nitrogens with one attached hydrogen (secondary N) is 1. The van der Waals surface area contributed by atoms with E-state index < -0.39 is 4.92 Å². The predicted octanol–water partition coefficient (Wildman–Crippen LogP) is 4.66. The number of nitro groups is 1. The Bertz CT molecular complexity index is 611. The minimum Gasteiger partial charge on any atom is -0.304 e. The molecule has 2 aromatic rings. The number of nitro benzene ring substituents is 1. The fourth-order valence-corrected chi connectivity index (χ4v) is 2.33. The van der Waals surface area contributed by atoms with Crippen LogP contribution in [0, 0.1) is 10.1 Å². The van der Waals surface area contributed by atoms with Crippen molar-refractivity contribution in [3.63, 3.8) is 0 Å². The lowest BCUT2D eigenvalue weighted by Crippen LogP contribution is -2.22. The van der Waals surface area contributed by atoms with E-state index in [2.05, 4.69) is 12.2 Å². The first-order valence-electron chi connectivity index (χ1n) is 6.73. The molecule has 0 aliphatic heterocycles. The molecule has 1 N–H and O–H groups in total. The van der Waals surface area contributed by atoms with Gasteiger partial charge in [-0.2, -0.15) is 0 Å². The van der Waals surface area contributed by atoms with E-state index in [1.165, 1.54) is 12.1 Å². The molecule has 0 fully saturated rings. The van der Waals surface area contributed by atoms with Gasteiger partial charge in [-0.15, -0.1) is 0 Å². The van der Waals surface area contributed by atoms with Crippen molar-refractivity contribution in [3.05, 3.63) is 74.8 Å². The summed E-state index contributed by atoms with van der Waals surface area (Å²) >= 11 is 5.88. The van der Waals surface area contributed by atoms with E-state index in [0.29, 0.717) is 0 Å². The van der Waals surface area contributed by atoms with Gasteiger partial charge in [0.15, 0.2) is 0 Å². The summed E-state index contributed by atoms with van der Waals surface area (Å²) in [7, 11) is 0. The smallest absolute Gasteiger partial charge is 0.269 e. The molecule has 0 saturated carbocycles. The highest BCUT2D eigenvalue weighted by atomic mass is 35.5. The fourth-order valence-electron chi connectivity index (χ4n) is 2.20. The lowest BCUT2D eigenvalue weighted by atomic mass is 10.0. The van der Waals surface area contributed by atoms with E-state index in [0.717, 1.165) is 16.1 Å². The van der Waals surface area contributed by atoms with Crippen LogP contribution in [-0.4, -0.2) is 4.92 Å². The Hall–Kier alpha value is -1.91. The summed E-state index contributed by atoms with van der Waals surface area (Å²) in [4.78, 5) is 10.3. The van der Waals surface area contributed by atoms with Gasteiger partial charge in [-0.1, -0.05) is 35.9 Å². The third kappa shape index (κ3) is 4.03. The van der Waals surface area contributed by atoms with Gasteiger partial charge in [-0.05, 0) is 37.1 Å². The van der Waals surface area contributed by atoms with Crippen LogP contribution in [0.15, 0.2) is 48.5 Å². The summed E-state index contributed by atoms with van der Waals surface area (Å²) in [6.07, 6.45) is 0. The molecule has 21 heavy (non-hydrogen) atoms. The van der Waals surface area contributed by atoms with Crippen LogP contribution in [0.4, 0.5) is 5.69 Å². The van der Waals surface area contributed by atoms with E-state index in [-0.39, 0.29) is 17.8 Å². The third-order valence-electron chi connectivity index (χ3n) is 3.47. The number of hydrogen-bond acceptors (Lipinski definition) is 3. The first-order valence-corrected chi connectivity index (χ1v) is 7.11. The molecule has 2 aromatic carbocycles. The van der Waals surface area contributed by atoms with E-state index in [9.17, 15) is 10.1 Å². The first-order chi connectivity index (χ1) is 9.97. The molecular weight excluding hydrogens is 288 g/mol. The largest absolute Gasteiger partial charge is 0.304 e. The zero-order chi connectivity index (χ0) is 15.4. The molecule has 0 bridgehead atoms. The highest BCUT2D eigenvalue weighted by molar-refractivity contribution is 6.30. The SMILES string of the molecule is CC(N[C@H](C)c1ccc(Cl)cc1)c1ccc([N+](=O)[O-])cc1. The second kappa shape index (κ2) is 6.70. The number of halogens is 1. The Morgan fingerprint density at radius 1 is 0.952 bits per heavy atom. The van der Waals surface area contributed by atoms with E-state index >= 15 is 0 Å². The topological polar surface area (TPSA) is 55.2 Å². The average molecular weight is 305 g/mol. The van der Waals surface area contributed by atoms with Gasteiger partial charge < -0.3 is 5.32 Å². The first kappa shape index (κ1) is 15.5. The Labute approximate surface area is 128 Å². The molecule has 2 rings (SSSR count). The van der Waals surface area contributed by atoms with E-state index in [4.69, 9.17) is 11.6 Å². The van der Waals surface area contributed by atoms with Crippen molar-refractivity contribution >= 4 is 17.3 Å². The summed E-state index contributed by atoms with van der Waals surface area (Å²) in [5.41, 5.74) is 2.27. The quantitative estimate of drug-likeness (QED) is 0.645. The predicted molar refractivity (Wildman–Crippen MR) is 84.5 cm³/mol. The standard InChI is InChI=1S/C16H17ClN2O2/c1-11(13-3-7-15(17)8-4-13)18-12(2)14-5-9-16(10-6-14)19(20)21/h3-12,18H,1-2H3/t11-,12?/m1/s1. The highest BCUT2D eigenvalue weighted by Crippen LogP contribution is 2.22. The summed E-state index contributed by atoms with van der Waals surface area (Å²) in [5, 5.41) is 14.8. The maximum absolute atomic E-state index is 10.7. The van der Waals surface area contributed by atoms with Crippen LogP contribution in [0.5, 0.6) is 0 Å². The van der Waals surface area contributed by atoms with E-state index in [1.54, 1.807) is 12.1 Å². The summed E-state index contributed by atoms with van der Waals surface area (Å²) in [5.74, 6) is 0. The number of non-ortho nitro benzene ring substituents is 1. The maximum atomic E-state index is 10.7. The van der Waals surface area contributed by atoms with Crippen LogP contribution >= 0.6 is 11.6 Å². The minimum atomic E-state index is -0.391. The van der Waals surface area contributed by atoms with E-state index in [1.807, 2.05) is 31.2 Å². The van der Waals surface area contributed by atoms with Crippen molar-refractivity contribution < 1.29 is 4.92 Å². The average Bonchev–Trinajstić information content (AvgIpc) is 2.47. The fraction of sp³-hybridized carbons (Fsp3) is 0.250. The molecule has 0 saturated heterocycles. The second-order valence-corrected chi connectivity index (χ2v) is 5.45.